The SMILES string of the molecule is CN=C(NCc1cccnc1OCC(F)(F)F)N1CCC(C)C(n2ccnc2)C1. The third-order valence-corrected chi connectivity index (χ3v) is 5.00. The second-order valence-corrected chi connectivity index (χ2v) is 7.06. The number of halogens is 3. The van der Waals surface area contributed by atoms with Gasteiger partial charge in [-0.1, -0.05) is 13.0 Å². The van der Waals surface area contributed by atoms with Gasteiger partial charge in [0.25, 0.3) is 0 Å². The van der Waals surface area contributed by atoms with Crippen LogP contribution in [0.15, 0.2) is 42.0 Å². The molecule has 0 amide bonds. The highest BCUT2D eigenvalue weighted by Crippen LogP contribution is 2.27. The highest BCUT2D eigenvalue weighted by atomic mass is 19.4. The van der Waals surface area contributed by atoms with Crippen molar-refractivity contribution in [1.29, 1.82) is 0 Å². The van der Waals surface area contributed by atoms with E-state index in [1.165, 1.54) is 6.20 Å². The van der Waals surface area contributed by atoms with Gasteiger partial charge in [0.2, 0.25) is 5.88 Å². The molecule has 1 aliphatic rings. The van der Waals surface area contributed by atoms with Crippen LogP contribution < -0.4 is 10.1 Å². The van der Waals surface area contributed by atoms with Gasteiger partial charge in [-0.05, 0) is 18.4 Å². The Morgan fingerprint density at radius 3 is 2.90 bits per heavy atom. The third kappa shape index (κ3) is 5.61. The van der Waals surface area contributed by atoms with E-state index in [9.17, 15) is 13.2 Å². The maximum absolute atomic E-state index is 12.5. The summed E-state index contributed by atoms with van der Waals surface area (Å²) in [5.74, 6) is 1.16. The number of piperidine rings is 1. The Balaban J connectivity index is 1.64. The molecular weight excluding hydrogens is 385 g/mol. The zero-order valence-electron chi connectivity index (χ0n) is 16.4. The van der Waals surface area contributed by atoms with Crippen molar-refractivity contribution in [2.24, 2.45) is 10.9 Å². The number of hydrogen-bond donors (Lipinski definition) is 1. The standard InChI is InChI=1S/C19H25F3N6O/c1-14-5-8-27(11-16(14)28-9-7-24-13-28)18(23-2)26-10-15-4-3-6-25-17(15)29-12-19(20,21)22/h3-4,6-7,9,13-14,16H,5,8,10-12H2,1-2H3,(H,23,26). The number of imidazole rings is 1. The third-order valence-electron chi connectivity index (χ3n) is 5.00. The van der Waals surface area contributed by atoms with Gasteiger partial charge in [0.15, 0.2) is 12.6 Å². The lowest BCUT2D eigenvalue weighted by Gasteiger charge is -2.39. The van der Waals surface area contributed by atoms with Gasteiger partial charge in [-0.15, -0.1) is 0 Å². The Morgan fingerprint density at radius 2 is 2.21 bits per heavy atom. The summed E-state index contributed by atoms with van der Waals surface area (Å²) in [4.78, 5) is 14.6. The number of rotatable bonds is 5. The number of aliphatic imine (C=N–C) groups is 1. The summed E-state index contributed by atoms with van der Waals surface area (Å²) in [6, 6.07) is 3.62. The highest BCUT2D eigenvalue weighted by molar-refractivity contribution is 5.80. The second-order valence-electron chi connectivity index (χ2n) is 7.06. The van der Waals surface area contributed by atoms with Crippen LogP contribution in [-0.4, -0.2) is 58.3 Å². The molecule has 1 saturated heterocycles. The van der Waals surface area contributed by atoms with Crippen LogP contribution in [0.25, 0.3) is 0 Å². The smallest absolute Gasteiger partial charge is 0.422 e. The van der Waals surface area contributed by atoms with Gasteiger partial charge in [-0.3, -0.25) is 4.99 Å². The molecule has 2 unspecified atom stereocenters. The summed E-state index contributed by atoms with van der Waals surface area (Å²) in [6.07, 6.45) is 3.54. The zero-order valence-corrected chi connectivity index (χ0v) is 16.4. The van der Waals surface area contributed by atoms with E-state index in [-0.39, 0.29) is 18.5 Å². The van der Waals surface area contributed by atoms with Gasteiger partial charge in [0.05, 0.1) is 12.4 Å². The number of pyridine rings is 1. The van der Waals surface area contributed by atoms with Crippen molar-refractivity contribution < 1.29 is 17.9 Å². The molecule has 158 valence electrons. The summed E-state index contributed by atoms with van der Waals surface area (Å²) < 4.78 is 44.4. The van der Waals surface area contributed by atoms with Crippen LogP contribution in [0.2, 0.25) is 0 Å². The summed E-state index contributed by atoms with van der Waals surface area (Å²) in [5.41, 5.74) is 0.537. The minimum Gasteiger partial charge on any atom is -0.468 e. The van der Waals surface area contributed by atoms with Crippen LogP contribution in [0.4, 0.5) is 13.2 Å². The molecule has 2 aromatic rings. The van der Waals surface area contributed by atoms with E-state index >= 15 is 0 Å². The number of nitrogens with one attached hydrogen (secondary N) is 1. The van der Waals surface area contributed by atoms with Crippen LogP contribution >= 0.6 is 0 Å². The lowest BCUT2D eigenvalue weighted by atomic mass is 9.93. The average molecular weight is 410 g/mol. The Labute approximate surface area is 167 Å². The fraction of sp³-hybridized carbons (Fsp3) is 0.526. The number of guanidine groups is 1. The van der Waals surface area contributed by atoms with Gasteiger partial charge in [0, 0.05) is 50.8 Å². The first-order chi connectivity index (χ1) is 13.9. The fourth-order valence-electron chi connectivity index (χ4n) is 3.44. The Bertz CT molecular complexity index is 809. The van der Waals surface area contributed by atoms with E-state index < -0.39 is 12.8 Å². The molecule has 0 radical (unpaired) electrons. The molecule has 10 heteroatoms. The molecule has 29 heavy (non-hydrogen) atoms. The van der Waals surface area contributed by atoms with E-state index in [4.69, 9.17) is 4.74 Å². The summed E-state index contributed by atoms with van der Waals surface area (Å²) in [5, 5.41) is 3.22. The van der Waals surface area contributed by atoms with Crippen LogP contribution in [0.5, 0.6) is 5.88 Å². The molecular formula is C19H25F3N6O. The first-order valence-corrected chi connectivity index (χ1v) is 9.44. The average Bonchev–Trinajstić information content (AvgIpc) is 3.22. The quantitative estimate of drug-likeness (QED) is 0.607. The summed E-state index contributed by atoms with van der Waals surface area (Å²) >= 11 is 0. The van der Waals surface area contributed by atoms with Crippen LogP contribution in [-0.2, 0) is 6.54 Å². The van der Waals surface area contributed by atoms with E-state index in [0.717, 1.165) is 19.5 Å². The molecule has 1 N–H and O–H groups in total. The van der Waals surface area contributed by atoms with Gasteiger partial charge in [-0.25, -0.2) is 9.97 Å². The second kappa shape index (κ2) is 9.15. The van der Waals surface area contributed by atoms with Crippen molar-refractivity contribution in [3.63, 3.8) is 0 Å². The molecule has 0 spiro atoms. The maximum Gasteiger partial charge on any atom is 0.422 e. The highest BCUT2D eigenvalue weighted by Gasteiger charge is 2.30. The molecule has 0 aliphatic carbocycles. The molecule has 2 aromatic heterocycles. The van der Waals surface area contributed by atoms with Crippen molar-refractivity contribution in [3.05, 3.63) is 42.6 Å². The molecule has 1 fully saturated rings. The Morgan fingerprint density at radius 1 is 1.38 bits per heavy atom. The molecule has 7 nitrogen and oxygen atoms in total. The normalized spacial score (nSPS) is 20.6. The zero-order chi connectivity index (χ0) is 20.9. The fourth-order valence-corrected chi connectivity index (χ4v) is 3.44. The Hall–Kier alpha value is -2.78. The molecule has 1 aliphatic heterocycles. The van der Waals surface area contributed by atoms with Gasteiger partial charge >= 0.3 is 6.18 Å². The summed E-state index contributed by atoms with van der Waals surface area (Å²) in [7, 11) is 1.69. The van der Waals surface area contributed by atoms with E-state index in [2.05, 4.69) is 36.7 Å². The predicted molar refractivity (Wildman–Crippen MR) is 103 cm³/mol. The minimum absolute atomic E-state index is 0.0312. The number of ether oxygens (including phenoxy) is 1. The van der Waals surface area contributed by atoms with E-state index in [1.807, 2.05) is 12.5 Å². The lowest BCUT2D eigenvalue weighted by Crippen LogP contribution is -2.48. The van der Waals surface area contributed by atoms with Crippen molar-refractivity contribution in [3.8, 4) is 5.88 Å². The first kappa shape index (κ1) is 20.9. The van der Waals surface area contributed by atoms with Gasteiger partial charge in [0.1, 0.15) is 0 Å². The van der Waals surface area contributed by atoms with Crippen LogP contribution in [0.1, 0.15) is 24.9 Å². The number of nitrogens with zero attached hydrogens (tertiary/aromatic N) is 5. The monoisotopic (exact) mass is 410 g/mol. The molecule has 0 aromatic carbocycles. The van der Waals surface area contributed by atoms with Gasteiger partial charge in [-0.2, -0.15) is 13.2 Å². The molecule has 3 rings (SSSR count). The molecule has 0 bridgehead atoms. The van der Waals surface area contributed by atoms with Crippen LogP contribution in [0, 0.1) is 5.92 Å². The van der Waals surface area contributed by atoms with Crippen LogP contribution in [0.3, 0.4) is 0 Å². The van der Waals surface area contributed by atoms with E-state index in [0.29, 0.717) is 17.4 Å². The number of aromatic nitrogens is 3. The molecule has 0 saturated carbocycles. The molecule has 2 atom stereocenters. The maximum atomic E-state index is 12.5. The number of hydrogen-bond acceptors (Lipinski definition) is 4. The predicted octanol–water partition coefficient (Wildman–Crippen LogP) is 2.88. The van der Waals surface area contributed by atoms with Gasteiger partial charge < -0.3 is 19.5 Å². The van der Waals surface area contributed by atoms with E-state index in [1.54, 1.807) is 25.4 Å². The summed E-state index contributed by atoms with van der Waals surface area (Å²) in [6.45, 7) is 2.72. The van der Waals surface area contributed by atoms with Crippen molar-refractivity contribution in [1.82, 2.24) is 24.8 Å². The van der Waals surface area contributed by atoms with Crippen molar-refractivity contribution in [2.75, 3.05) is 26.7 Å². The number of likely N-dealkylation sites (tertiary alicyclic amines) is 1. The Kier molecular flexibility index (Phi) is 6.60. The number of alkyl halides is 3. The first-order valence-electron chi connectivity index (χ1n) is 9.44. The topological polar surface area (TPSA) is 67.6 Å². The lowest BCUT2D eigenvalue weighted by molar-refractivity contribution is -0.154. The largest absolute Gasteiger partial charge is 0.468 e. The minimum atomic E-state index is -4.41. The molecule has 3 heterocycles. The van der Waals surface area contributed by atoms with Crippen molar-refractivity contribution in [2.45, 2.75) is 32.1 Å². The van der Waals surface area contributed by atoms with Crippen molar-refractivity contribution >= 4 is 5.96 Å².